The lowest BCUT2D eigenvalue weighted by molar-refractivity contribution is -0.276. The number of rotatable bonds is 7. The molecule has 24 heavy (non-hydrogen) atoms. The molecule has 0 radical (unpaired) electrons. The SMILES string of the molecule is O=S(=O)(O)OC[C@H]1O[C@@H](O)[C@H](O)[C@@H](OS(=O)(=O)O)[C@H]1OS(=O)(=O)O. The van der Waals surface area contributed by atoms with E-state index in [4.69, 9.17) is 13.7 Å². The average Bonchev–Trinajstić information content (AvgIpc) is 2.32. The Balaban J connectivity index is 3.18. The van der Waals surface area contributed by atoms with E-state index in [0.717, 1.165) is 0 Å². The molecule has 1 fully saturated rings. The second kappa shape index (κ2) is 7.39. The number of hydrogen-bond donors (Lipinski definition) is 5. The maximum atomic E-state index is 10.8. The molecule has 18 heteroatoms. The molecule has 0 aromatic carbocycles. The molecule has 0 bridgehead atoms. The Morgan fingerprint density at radius 3 is 1.67 bits per heavy atom. The lowest BCUT2D eigenvalue weighted by Gasteiger charge is -2.40. The van der Waals surface area contributed by atoms with Gasteiger partial charge in [-0.2, -0.15) is 25.3 Å². The molecule has 0 spiro atoms. The molecule has 0 unspecified atom stereocenters. The Bertz CT molecular complexity index is 736. The lowest BCUT2D eigenvalue weighted by Crippen LogP contribution is -2.61. The Hall–Kier alpha value is -0.510. The Morgan fingerprint density at radius 1 is 0.792 bits per heavy atom. The lowest BCUT2D eigenvalue weighted by atomic mass is 9.99. The first kappa shape index (κ1) is 21.5. The van der Waals surface area contributed by atoms with E-state index >= 15 is 0 Å². The van der Waals surface area contributed by atoms with Gasteiger partial charge in [0.1, 0.15) is 24.4 Å². The van der Waals surface area contributed by atoms with E-state index in [-0.39, 0.29) is 0 Å². The van der Waals surface area contributed by atoms with Gasteiger partial charge in [-0.05, 0) is 0 Å². The van der Waals surface area contributed by atoms with Gasteiger partial charge in [0.2, 0.25) is 0 Å². The summed E-state index contributed by atoms with van der Waals surface area (Å²) >= 11 is 0. The van der Waals surface area contributed by atoms with Crippen molar-refractivity contribution in [2.24, 2.45) is 0 Å². The van der Waals surface area contributed by atoms with E-state index in [2.05, 4.69) is 17.3 Å². The summed E-state index contributed by atoms with van der Waals surface area (Å²) in [5.74, 6) is 0. The van der Waals surface area contributed by atoms with Crippen molar-refractivity contribution in [3.05, 3.63) is 0 Å². The molecule has 0 aromatic heterocycles. The monoisotopic (exact) mass is 420 g/mol. The molecular formula is C6H12O15S3. The van der Waals surface area contributed by atoms with Crippen LogP contribution in [-0.4, -0.2) is 86.4 Å². The van der Waals surface area contributed by atoms with Crippen molar-refractivity contribution < 1.29 is 66.4 Å². The van der Waals surface area contributed by atoms with E-state index in [1.807, 2.05) is 0 Å². The van der Waals surface area contributed by atoms with Crippen LogP contribution in [0.5, 0.6) is 0 Å². The van der Waals surface area contributed by atoms with Gasteiger partial charge in [0.15, 0.2) is 6.29 Å². The Kier molecular flexibility index (Phi) is 6.63. The van der Waals surface area contributed by atoms with Crippen LogP contribution < -0.4 is 0 Å². The molecule has 1 saturated heterocycles. The van der Waals surface area contributed by atoms with Crippen LogP contribution in [0.15, 0.2) is 0 Å². The van der Waals surface area contributed by atoms with Gasteiger partial charge in [-0.25, -0.2) is 12.5 Å². The molecule has 15 nitrogen and oxygen atoms in total. The number of ether oxygens (including phenoxy) is 1. The summed E-state index contributed by atoms with van der Waals surface area (Å²) in [5, 5.41) is 19.0. The van der Waals surface area contributed by atoms with Gasteiger partial charge in [-0.1, -0.05) is 0 Å². The predicted octanol–water partition coefficient (Wildman–Crippen LogP) is -3.74. The van der Waals surface area contributed by atoms with Crippen molar-refractivity contribution in [2.45, 2.75) is 30.7 Å². The third kappa shape index (κ3) is 7.16. The molecule has 0 saturated carbocycles. The minimum atomic E-state index is -5.34. The smallest absolute Gasteiger partial charge is 0.385 e. The molecule has 1 heterocycles. The second-order valence-electron chi connectivity index (χ2n) is 4.25. The van der Waals surface area contributed by atoms with Crippen LogP contribution in [0.1, 0.15) is 0 Å². The van der Waals surface area contributed by atoms with Gasteiger partial charge >= 0.3 is 31.2 Å². The minimum Gasteiger partial charge on any atom is -0.385 e. The van der Waals surface area contributed by atoms with Gasteiger partial charge < -0.3 is 14.9 Å². The number of hydrogen-bond acceptors (Lipinski definition) is 12. The minimum absolute atomic E-state index is 1.26. The van der Waals surface area contributed by atoms with Crippen molar-refractivity contribution in [3.8, 4) is 0 Å². The maximum absolute atomic E-state index is 10.8. The van der Waals surface area contributed by atoms with Crippen LogP contribution >= 0.6 is 0 Å². The fourth-order valence-electron chi connectivity index (χ4n) is 1.70. The van der Waals surface area contributed by atoms with Crippen LogP contribution in [0.3, 0.4) is 0 Å². The average molecular weight is 420 g/mol. The van der Waals surface area contributed by atoms with E-state index in [9.17, 15) is 35.5 Å². The van der Waals surface area contributed by atoms with Crippen LogP contribution in [-0.2, 0) is 48.5 Å². The van der Waals surface area contributed by atoms with Crippen LogP contribution in [0, 0.1) is 0 Å². The molecule has 1 rings (SSSR count). The summed E-state index contributed by atoms with van der Waals surface area (Å²) < 4.78 is 106. The number of aliphatic hydroxyl groups excluding tert-OH is 2. The van der Waals surface area contributed by atoms with Crippen molar-refractivity contribution in [1.29, 1.82) is 0 Å². The maximum Gasteiger partial charge on any atom is 0.397 e. The molecule has 1 aliphatic rings. The first-order valence-corrected chi connectivity index (χ1v) is 9.63. The van der Waals surface area contributed by atoms with E-state index < -0.39 is 68.5 Å². The van der Waals surface area contributed by atoms with Crippen molar-refractivity contribution >= 4 is 31.2 Å². The standard InChI is InChI=1S/C6H12O15S3/c7-3-5(21-24(15,16)17)4(20-23(12,13)14)2(19-6(3)8)1-18-22(9,10)11/h2-8H,1H2,(H,9,10,11)(H,12,13,14)(H,15,16,17)/t2-,3-,4+,5-,6-/m1/s1. The van der Waals surface area contributed by atoms with Gasteiger partial charge in [-0.3, -0.25) is 13.7 Å². The fourth-order valence-corrected chi connectivity index (χ4v) is 3.03. The van der Waals surface area contributed by atoms with E-state index in [1.165, 1.54) is 0 Å². The normalized spacial score (nSPS) is 32.6. The van der Waals surface area contributed by atoms with Gasteiger partial charge in [0, 0.05) is 0 Å². The summed E-state index contributed by atoms with van der Waals surface area (Å²) in [4.78, 5) is 0. The van der Waals surface area contributed by atoms with Gasteiger partial charge in [0.05, 0.1) is 6.61 Å². The highest BCUT2D eigenvalue weighted by Crippen LogP contribution is 2.27. The first-order chi connectivity index (χ1) is 10.6. The van der Waals surface area contributed by atoms with Gasteiger partial charge in [-0.15, -0.1) is 0 Å². The molecular weight excluding hydrogens is 408 g/mol. The van der Waals surface area contributed by atoms with Crippen LogP contribution in [0.4, 0.5) is 0 Å². The zero-order valence-corrected chi connectivity index (χ0v) is 13.6. The summed E-state index contributed by atoms with van der Waals surface area (Å²) in [6.45, 7) is -1.26. The summed E-state index contributed by atoms with van der Waals surface area (Å²) in [5.41, 5.74) is 0. The number of aliphatic hydroxyl groups is 2. The molecule has 0 amide bonds. The molecule has 5 atom stereocenters. The van der Waals surface area contributed by atoms with E-state index in [0.29, 0.717) is 0 Å². The highest BCUT2D eigenvalue weighted by molar-refractivity contribution is 7.81. The molecule has 0 aromatic rings. The first-order valence-electron chi connectivity index (χ1n) is 5.54. The van der Waals surface area contributed by atoms with Crippen molar-refractivity contribution in [3.63, 3.8) is 0 Å². The zero-order valence-electron chi connectivity index (χ0n) is 11.1. The summed E-state index contributed by atoms with van der Waals surface area (Å²) in [6.07, 6.45) is -11.3. The molecule has 0 aliphatic carbocycles. The highest BCUT2D eigenvalue weighted by Gasteiger charge is 2.50. The van der Waals surface area contributed by atoms with Crippen LogP contribution in [0.2, 0.25) is 0 Å². The quantitative estimate of drug-likeness (QED) is 0.248. The topological polar surface area (TPSA) is 240 Å². The summed E-state index contributed by atoms with van der Waals surface area (Å²) in [6, 6.07) is 0. The fraction of sp³-hybridized carbons (Fsp3) is 1.00. The third-order valence-electron chi connectivity index (χ3n) is 2.48. The second-order valence-corrected chi connectivity index (χ2v) is 7.43. The third-order valence-corrected chi connectivity index (χ3v) is 3.84. The Labute approximate surface area is 135 Å². The molecule has 5 N–H and O–H groups in total. The Morgan fingerprint density at radius 2 is 1.25 bits per heavy atom. The highest BCUT2D eigenvalue weighted by atomic mass is 32.3. The molecule has 1 aliphatic heterocycles. The van der Waals surface area contributed by atoms with Gasteiger partial charge in [0.25, 0.3) is 0 Å². The molecule has 144 valence electrons. The largest absolute Gasteiger partial charge is 0.397 e. The zero-order chi connectivity index (χ0) is 18.9. The summed E-state index contributed by atoms with van der Waals surface area (Å²) in [7, 11) is -15.7. The van der Waals surface area contributed by atoms with Crippen LogP contribution in [0.25, 0.3) is 0 Å². The predicted molar refractivity (Wildman–Crippen MR) is 67.2 cm³/mol. The van der Waals surface area contributed by atoms with E-state index in [1.54, 1.807) is 0 Å². The van der Waals surface area contributed by atoms with Crippen molar-refractivity contribution in [2.75, 3.05) is 6.61 Å². The van der Waals surface area contributed by atoms with Crippen molar-refractivity contribution in [1.82, 2.24) is 0 Å².